The second kappa shape index (κ2) is 42.2. The minimum absolute atomic E-state index is 0. The molecule has 7 N–H and O–H groups in total. The van der Waals surface area contributed by atoms with Crippen LogP contribution in [0.4, 0.5) is 9.59 Å². The topological polar surface area (TPSA) is 354 Å². The van der Waals surface area contributed by atoms with Crippen molar-refractivity contribution in [2.24, 2.45) is 5.73 Å². The van der Waals surface area contributed by atoms with Gasteiger partial charge in [0.25, 0.3) is 23.6 Å². The molecule has 2 fully saturated rings. The number of halogens is 3. The number of imide groups is 2. The molecule has 0 spiro atoms. The molecule has 6 amide bonds. The molecule has 66 heavy (non-hydrogen) atoms. The van der Waals surface area contributed by atoms with Crippen molar-refractivity contribution >= 4 is 89.3 Å². The van der Waals surface area contributed by atoms with Crippen molar-refractivity contribution in [3.63, 3.8) is 0 Å². The van der Waals surface area contributed by atoms with Crippen LogP contribution in [0.5, 0.6) is 0 Å². The molecule has 2 saturated heterocycles. The number of amides is 6. The normalized spacial score (nSPS) is 13.1. The molecule has 2 heterocycles. The van der Waals surface area contributed by atoms with Crippen molar-refractivity contribution in [2.75, 3.05) is 104 Å². The number of nitrogens with one attached hydrogen (secondary N) is 2. The maximum Gasteiger partial charge on any atom is 0.407 e. The van der Waals surface area contributed by atoms with Crippen LogP contribution in [0.3, 0.4) is 0 Å². The van der Waals surface area contributed by atoms with Crippen molar-refractivity contribution in [1.29, 1.82) is 0 Å². The highest BCUT2D eigenvalue weighted by Crippen LogP contribution is 2.12. The number of carboxylic acids is 2. The van der Waals surface area contributed by atoms with E-state index in [2.05, 4.69) is 20.2 Å². The summed E-state index contributed by atoms with van der Waals surface area (Å²) in [7, 11) is 0. The lowest BCUT2D eigenvalue weighted by atomic mass is 10.2. The molecule has 0 radical (unpaired) electrons. The lowest BCUT2D eigenvalue weighted by Crippen LogP contribution is -2.34. The number of aliphatic carboxylic acids is 2. The summed E-state index contributed by atoms with van der Waals surface area (Å²) >= 11 is 9.53. The molecule has 0 saturated carbocycles. The molecule has 0 unspecified atom stereocenters. The molecule has 0 aliphatic carbocycles. The maximum absolute atomic E-state index is 11.4. The second-order valence-electron chi connectivity index (χ2n) is 14.2. The Kier molecular flexibility index (Phi) is 42.2. The minimum Gasteiger partial charge on any atom is -0.480 e. The first kappa shape index (κ1) is 66.1. The van der Waals surface area contributed by atoms with E-state index >= 15 is 0 Å². The zero-order valence-corrected chi connectivity index (χ0v) is 40.3. The van der Waals surface area contributed by atoms with Gasteiger partial charge in [0.05, 0.1) is 64.8 Å². The van der Waals surface area contributed by atoms with Gasteiger partial charge in [0, 0.05) is 48.3 Å². The third kappa shape index (κ3) is 47.7. The Morgan fingerprint density at radius 1 is 0.606 bits per heavy atom. The number of hydrogen-bond donors (Lipinski definition) is 6. The Morgan fingerprint density at radius 2 is 0.924 bits per heavy atom. The molecule has 2 aliphatic rings. The number of alkyl carbamates (subject to hydrolysis) is 2. The summed E-state index contributed by atoms with van der Waals surface area (Å²) in [5.74, 6) is -4.91. The Hall–Kier alpha value is -4.22. The highest BCUT2D eigenvalue weighted by atomic mass is 35.5. The second-order valence-corrected chi connectivity index (χ2v) is 15.0. The van der Waals surface area contributed by atoms with Crippen LogP contribution < -0.4 is 16.4 Å². The van der Waals surface area contributed by atoms with Crippen LogP contribution in [-0.4, -0.2) is 195 Å². The van der Waals surface area contributed by atoms with E-state index in [1.165, 1.54) is 0 Å². The molecular weight excluding hydrogens is 957 g/mol. The van der Waals surface area contributed by atoms with Crippen molar-refractivity contribution in [3.8, 4) is 0 Å². The predicted molar refractivity (Wildman–Crippen MR) is 234 cm³/mol. The summed E-state index contributed by atoms with van der Waals surface area (Å²) in [6, 6.07) is 0. The fourth-order valence-corrected chi connectivity index (χ4v) is 3.65. The van der Waals surface area contributed by atoms with E-state index in [-0.39, 0.29) is 101 Å². The summed E-state index contributed by atoms with van der Waals surface area (Å²) in [4.78, 5) is 102. The van der Waals surface area contributed by atoms with Gasteiger partial charge >= 0.3 is 30.1 Å². The van der Waals surface area contributed by atoms with Crippen LogP contribution in [0.15, 0.2) is 0 Å². The summed E-state index contributed by atoms with van der Waals surface area (Å²) in [5, 5.41) is 30.7. The highest BCUT2D eigenvalue weighted by molar-refractivity contribution is 6.40. The summed E-state index contributed by atoms with van der Waals surface area (Å²) in [6.07, 6.45) is -0.643. The third-order valence-corrected chi connectivity index (χ3v) is 6.10. The number of rotatable bonds is 24. The van der Waals surface area contributed by atoms with Gasteiger partial charge in [0.1, 0.15) is 31.0 Å². The summed E-state index contributed by atoms with van der Waals surface area (Å²) < 4.78 is 49.7. The van der Waals surface area contributed by atoms with Gasteiger partial charge < -0.3 is 69.3 Å². The van der Waals surface area contributed by atoms with Gasteiger partial charge in [-0.15, -0.1) is 40.7 Å². The van der Waals surface area contributed by atoms with Crippen LogP contribution in [0.25, 0.3) is 0 Å². The number of carbonyl (C=O) groups excluding carboxylic acids is 7. The van der Waals surface area contributed by atoms with E-state index in [0.29, 0.717) is 44.6 Å². The molecule has 0 aromatic heterocycles. The molecule has 26 nitrogen and oxygen atoms in total. The first-order chi connectivity index (χ1) is 31.4. The van der Waals surface area contributed by atoms with Gasteiger partial charge in [0.15, 0.2) is 0 Å². The molecular formula is C37H68Cl3N5O21. The van der Waals surface area contributed by atoms with Crippen molar-refractivity contribution in [3.05, 3.63) is 0 Å². The van der Waals surface area contributed by atoms with Crippen LogP contribution in [-0.2, 0) is 76.3 Å². The van der Waals surface area contributed by atoms with E-state index in [1.54, 1.807) is 41.5 Å². The molecule has 0 atom stereocenters. The zero-order valence-electron chi connectivity index (χ0n) is 40.0. The number of nitrogens with zero attached hydrogens (tertiary/aromatic N) is 2. The Bertz CT molecular complexity index is 1400. The maximum atomic E-state index is 11.4. The molecule has 0 aromatic rings. The quantitative estimate of drug-likeness (QED) is 0.0345. The van der Waals surface area contributed by atoms with Gasteiger partial charge in [-0.05, 0) is 41.5 Å². The summed E-state index contributed by atoms with van der Waals surface area (Å²) in [6.45, 7) is 13.2. The first-order valence-corrected chi connectivity index (χ1v) is 20.7. The van der Waals surface area contributed by atoms with Crippen molar-refractivity contribution in [1.82, 2.24) is 20.8 Å². The number of ether oxygens (including phenoxy) is 8. The molecule has 0 bridgehead atoms. The Morgan fingerprint density at radius 3 is 1.23 bits per heavy atom. The van der Waals surface area contributed by atoms with E-state index in [4.69, 9.17) is 80.5 Å². The average molecular weight is 1030 g/mol. The SMILES string of the molecule is CC(C)(C)OC(=O)NCCOCCOCC(=O)O.CC(C)(C)OC(=O)NCCOCCOCC(=O)ON1C(=O)CCC1=O.Cl.ClCCl.NCCOCCOCC(=O)O.O=C1CCC(=O)N1O.[3H][3H]. The van der Waals surface area contributed by atoms with E-state index in [0.717, 1.165) is 0 Å². The zero-order chi connectivity index (χ0) is 52.3. The molecule has 0 aromatic carbocycles. The van der Waals surface area contributed by atoms with E-state index in [1.807, 2.05) is 0 Å². The average Bonchev–Trinajstić information content (AvgIpc) is 3.70. The van der Waals surface area contributed by atoms with Crippen molar-refractivity contribution < 1.29 is 104 Å². The fraction of sp³-hybridized carbons (Fsp3) is 0.757. The van der Waals surface area contributed by atoms with E-state index in [9.17, 15) is 43.2 Å². The van der Waals surface area contributed by atoms with Crippen molar-refractivity contribution in [2.45, 2.75) is 78.4 Å². The van der Waals surface area contributed by atoms with Gasteiger partial charge in [-0.3, -0.25) is 24.4 Å². The van der Waals surface area contributed by atoms with Crippen LogP contribution >= 0.6 is 35.6 Å². The van der Waals surface area contributed by atoms with Crippen LogP contribution in [0.2, 0.25) is 0 Å². The van der Waals surface area contributed by atoms with Gasteiger partial charge in [-0.1, -0.05) is 0 Å². The number of hydroxylamine groups is 4. The lowest BCUT2D eigenvalue weighted by molar-refractivity contribution is -0.200. The number of alkyl halides is 2. The van der Waals surface area contributed by atoms with Gasteiger partial charge in [0.2, 0.25) is 0 Å². The number of hydrogen-bond acceptors (Lipinski definition) is 20. The Labute approximate surface area is 401 Å². The molecule has 388 valence electrons. The smallest absolute Gasteiger partial charge is 0.407 e. The van der Waals surface area contributed by atoms with Gasteiger partial charge in [-0.25, -0.2) is 24.0 Å². The summed E-state index contributed by atoms with van der Waals surface area (Å²) in [5.41, 5.74) is 4.06. The standard InChI is InChI=1S/C15H24N2O8.C11H21NO6.C6H13NO4.C4H5NO3.CH2Cl2.ClH.H2/c1-15(2,3)24-14(21)16-6-7-22-8-9-23-10-13(20)25-17-11(18)4-5-12(17)19;1-11(2,3)18-10(15)12-4-5-16-6-7-17-8-9(13)14;7-1-2-10-3-4-11-5-6(8)9;6-3-1-2-4(7)5(3)8;2-1-3;;/h4-10H2,1-3H3,(H,16,21);4-8H2,1-3H3,(H,12,15)(H,13,14);1-5,7H2,(H,8,9);8H,1-2H2;1H2;2*1H/i;;;;;;1+2T. The number of carboxylic acid groups (broad SMARTS) is 2. The van der Waals surface area contributed by atoms with Gasteiger partial charge in [-0.2, -0.15) is 5.06 Å². The van der Waals surface area contributed by atoms with E-state index < -0.39 is 71.5 Å². The largest absolute Gasteiger partial charge is 0.480 e. The van der Waals surface area contributed by atoms with Crippen LogP contribution in [0, 0.1) is 0 Å². The number of carbonyl (C=O) groups is 9. The minimum atomic E-state index is -1.01. The molecule has 2 rings (SSSR count). The van der Waals surface area contributed by atoms with Crippen LogP contribution in [0.1, 0.15) is 70.2 Å². The lowest BCUT2D eigenvalue weighted by Gasteiger charge is -2.19. The predicted octanol–water partition coefficient (Wildman–Crippen LogP) is 1.46. The fourth-order valence-electron chi connectivity index (χ4n) is 3.65. The molecule has 2 aliphatic heterocycles. The Balaban J connectivity index is -0.000000268. The number of nitrogens with two attached hydrogens (primary N) is 1. The first-order valence-electron chi connectivity index (χ1n) is 20.7. The highest BCUT2D eigenvalue weighted by Gasteiger charge is 2.33. The monoisotopic (exact) mass is 1030 g/mol. The third-order valence-electron chi connectivity index (χ3n) is 6.10. The molecule has 29 heteroatoms.